The number of hydrogen-bond acceptors (Lipinski definition) is 5. The van der Waals surface area contributed by atoms with Gasteiger partial charge in [0.1, 0.15) is 5.75 Å². The summed E-state index contributed by atoms with van der Waals surface area (Å²) in [6, 6.07) is 8.37. The van der Waals surface area contributed by atoms with Crippen LogP contribution < -0.4 is 14.9 Å². The first kappa shape index (κ1) is 20.6. The lowest BCUT2D eigenvalue weighted by Crippen LogP contribution is -2.33. The van der Waals surface area contributed by atoms with Gasteiger partial charge >= 0.3 is 0 Å². The normalized spacial score (nSPS) is 12.0. The van der Waals surface area contributed by atoms with E-state index in [2.05, 4.69) is 10.5 Å². The maximum absolute atomic E-state index is 12.2. The van der Waals surface area contributed by atoms with Gasteiger partial charge in [0.25, 0.3) is 5.91 Å². The molecule has 1 amide bonds. The molecule has 0 saturated carbocycles. The van der Waals surface area contributed by atoms with Crippen molar-refractivity contribution >= 4 is 23.7 Å². The maximum Gasteiger partial charge on any atom is 0.280 e. The molecule has 0 fully saturated rings. The lowest BCUT2D eigenvalue weighted by molar-refractivity contribution is -0.127. The van der Waals surface area contributed by atoms with Crippen molar-refractivity contribution in [2.24, 2.45) is 5.10 Å². The van der Waals surface area contributed by atoms with Gasteiger partial charge in [0.05, 0.1) is 12.8 Å². The van der Waals surface area contributed by atoms with E-state index in [1.54, 1.807) is 31.2 Å². The molecule has 6 nitrogen and oxygen atoms in total. The van der Waals surface area contributed by atoms with Gasteiger partial charge in [0.2, 0.25) is 0 Å². The Bertz CT molecular complexity index is 829. The molecule has 7 heteroatoms. The zero-order valence-electron chi connectivity index (χ0n) is 15.7. The number of rotatable bonds is 7. The quantitative estimate of drug-likeness (QED) is 0.553. The van der Waals surface area contributed by atoms with E-state index in [1.165, 1.54) is 12.3 Å². The molecule has 0 aromatic heterocycles. The van der Waals surface area contributed by atoms with Gasteiger partial charge in [-0.3, -0.25) is 4.79 Å². The van der Waals surface area contributed by atoms with E-state index >= 15 is 0 Å². The van der Waals surface area contributed by atoms with Gasteiger partial charge in [0.15, 0.2) is 17.6 Å². The number of amides is 1. The third-order valence-corrected chi connectivity index (χ3v) is 4.36. The number of phenolic OH excluding ortho intramolecular Hbond substituents is 1. The van der Waals surface area contributed by atoms with Crippen molar-refractivity contribution < 1.29 is 19.4 Å². The van der Waals surface area contributed by atoms with Crippen LogP contribution >= 0.6 is 11.6 Å². The summed E-state index contributed by atoms with van der Waals surface area (Å²) < 4.78 is 11.0. The van der Waals surface area contributed by atoms with Crippen LogP contribution in [-0.2, 0) is 4.79 Å². The van der Waals surface area contributed by atoms with Crippen molar-refractivity contribution in [3.63, 3.8) is 0 Å². The number of benzene rings is 2. The van der Waals surface area contributed by atoms with Gasteiger partial charge in [-0.25, -0.2) is 5.43 Å². The lowest BCUT2D eigenvalue weighted by atomic mass is 10.1. The fourth-order valence-electron chi connectivity index (χ4n) is 2.38. The standard InChI is InChI=1S/C20H23ClN2O4/c1-5-26-18-10-15(6-7-17(18)24)11-22-23-20(25)14(4)27-16-8-12(2)19(21)13(3)9-16/h6-11,14,24H,5H2,1-4H3,(H,23,25). The van der Waals surface area contributed by atoms with Crippen molar-refractivity contribution in [3.05, 3.63) is 52.0 Å². The minimum absolute atomic E-state index is 0.0496. The van der Waals surface area contributed by atoms with Gasteiger partial charge < -0.3 is 14.6 Å². The third-order valence-electron chi connectivity index (χ3n) is 3.76. The zero-order chi connectivity index (χ0) is 20.0. The van der Waals surface area contributed by atoms with E-state index in [9.17, 15) is 9.90 Å². The number of hydrogen-bond donors (Lipinski definition) is 2. The van der Waals surface area contributed by atoms with Crippen LogP contribution in [0, 0.1) is 13.8 Å². The predicted octanol–water partition coefficient (Wildman–Crippen LogP) is 3.98. The summed E-state index contributed by atoms with van der Waals surface area (Å²) in [7, 11) is 0. The monoisotopic (exact) mass is 390 g/mol. The molecular weight excluding hydrogens is 368 g/mol. The summed E-state index contributed by atoms with van der Waals surface area (Å²) in [5, 5.41) is 14.3. The van der Waals surface area contributed by atoms with Gasteiger partial charge in [-0.05, 0) is 74.7 Å². The van der Waals surface area contributed by atoms with Crippen LogP contribution in [0.25, 0.3) is 0 Å². The number of phenols is 1. The molecule has 0 aliphatic heterocycles. The summed E-state index contributed by atoms with van der Waals surface area (Å²) in [5.74, 6) is 0.591. The Hall–Kier alpha value is -2.73. The van der Waals surface area contributed by atoms with Gasteiger partial charge in [-0.1, -0.05) is 11.6 Å². The highest BCUT2D eigenvalue weighted by atomic mass is 35.5. The smallest absolute Gasteiger partial charge is 0.280 e. The van der Waals surface area contributed by atoms with Crippen molar-refractivity contribution in [3.8, 4) is 17.2 Å². The van der Waals surface area contributed by atoms with Crippen LogP contribution in [0.5, 0.6) is 17.2 Å². The molecular formula is C20H23ClN2O4. The fourth-order valence-corrected chi connectivity index (χ4v) is 2.48. The van der Waals surface area contributed by atoms with Crippen LogP contribution in [0.2, 0.25) is 5.02 Å². The molecule has 2 rings (SSSR count). The average molecular weight is 391 g/mol. The number of carbonyl (C=O) groups is 1. The molecule has 0 aliphatic rings. The molecule has 0 bridgehead atoms. The summed E-state index contributed by atoms with van der Waals surface area (Å²) in [6.07, 6.45) is 0.726. The second-order valence-electron chi connectivity index (χ2n) is 6.03. The largest absolute Gasteiger partial charge is 0.504 e. The number of ether oxygens (including phenoxy) is 2. The van der Waals surface area contributed by atoms with E-state index in [1.807, 2.05) is 20.8 Å². The Morgan fingerprint density at radius 2 is 1.96 bits per heavy atom. The fraction of sp³-hybridized carbons (Fsp3) is 0.300. The molecule has 0 heterocycles. The highest BCUT2D eigenvalue weighted by Crippen LogP contribution is 2.27. The van der Waals surface area contributed by atoms with E-state index < -0.39 is 6.10 Å². The highest BCUT2D eigenvalue weighted by Gasteiger charge is 2.15. The Balaban J connectivity index is 1.96. The van der Waals surface area contributed by atoms with Gasteiger partial charge in [0, 0.05) is 5.02 Å². The average Bonchev–Trinajstić information content (AvgIpc) is 2.62. The summed E-state index contributed by atoms with van der Waals surface area (Å²) in [4.78, 5) is 12.2. The molecule has 2 aromatic rings. The maximum atomic E-state index is 12.2. The van der Waals surface area contributed by atoms with E-state index in [0.717, 1.165) is 11.1 Å². The first-order valence-corrected chi connectivity index (χ1v) is 8.91. The molecule has 27 heavy (non-hydrogen) atoms. The number of halogens is 1. The van der Waals surface area contributed by atoms with Crippen molar-refractivity contribution in [1.82, 2.24) is 5.43 Å². The number of hydrazone groups is 1. The van der Waals surface area contributed by atoms with E-state index in [4.69, 9.17) is 21.1 Å². The number of carbonyl (C=O) groups excluding carboxylic acids is 1. The van der Waals surface area contributed by atoms with E-state index in [-0.39, 0.29) is 11.7 Å². The Labute approximate surface area is 163 Å². The lowest BCUT2D eigenvalue weighted by Gasteiger charge is -2.15. The highest BCUT2D eigenvalue weighted by molar-refractivity contribution is 6.32. The zero-order valence-corrected chi connectivity index (χ0v) is 16.5. The topological polar surface area (TPSA) is 80.2 Å². The molecule has 1 atom stereocenters. The number of aryl methyl sites for hydroxylation is 2. The molecule has 0 spiro atoms. The number of aromatic hydroxyl groups is 1. The minimum atomic E-state index is -0.735. The minimum Gasteiger partial charge on any atom is -0.504 e. The SMILES string of the molecule is CCOc1cc(C=NNC(=O)C(C)Oc2cc(C)c(Cl)c(C)c2)ccc1O. The van der Waals surface area contributed by atoms with Gasteiger partial charge in [-0.2, -0.15) is 5.10 Å². The van der Waals surface area contributed by atoms with Crippen molar-refractivity contribution in [1.29, 1.82) is 0 Å². The second kappa shape index (κ2) is 9.28. The van der Waals surface area contributed by atoms with Crippen LogP contribution in [-0.4, -0.2) is 29.9 Å². The van der Waals surface area contributed by atoms with Crippen LogP contribution in [0.3, 0.4) is 0 Å². The van der Waals surface area contributed by atoms with Crippen LogP contribution in [0.1, 0.15) is 30.5 Å². The Morgan fingerprint density at radius 3 is 2.59 bits per heavy atom. The van der Waals surface area contributed by atoms with Gasteiger partial charge in [-0.15, -0.1) is 0 Å². The van der Waals surface area contributed by atoms with Crippen molar-refractivity contribution in [2.45, 2.75) is 33.8 Å². The number of nitrogens with zero attached hydrogens (tertiary/aromatic N) is 1. The van der Waals surface area contributed by atoms with E-state index in [0.29, 0.717) is 28.7 Å². The predicted molar refractivity (Wildman–Crippen MR) is 106 cm³/mol. The Morgan fingerprint density at radius 1 is 1.30 bits per heavy atom. The van der Waals surface area contributed by atoms with Crippen molar-refractivity contribution in [2.75, 3.05) is 6.61 Å². The summed E-state index contributed by atoms with van der Waals surface area (Å²) in [6.45, 7) is 7.66. The summed E-state index contributed by atoms with van der Waals surface area (Å²) >= 11 is 6.14. The Kier molecular flexibility index (Phi) is 7.07. The molecule has 2 aromatic carbocycles. The molecule has 0 aliphatic carbocycles. The first-order valence-electron chi connectivity index (χ1n) is 8.54. The molecule has 1 unspecified atom stereocenters. The molecule has 2 N–H and O–H groups in total. The molecule has 0 radical (unpaired) electrons. The molecule has 0 saturated heterocycles. The second-order valence-corrected chi connectivity index (χ2v) is 6.40. The number of nitrogens with one attached hydrogen (secondary N) is 1. The molecule has 144 valence electrons. The van der Waals surface area contributed by atoms with Crippen LogP contribution in [0.4, 0.5) is 0 Å². The van der Waals surface area contributed by atoms with Crippen LogP contribution in [0.15, 0.2) is 35.4 Å². The first-order chi connectivity index (χ1) is 12.8. The third kappa shape index (κ3) is 5.62. The summed E-state index contributed by atoms with van der Waals surface area (Å²) in [5.41, 5.74) is 4.88.